The normalized spacial score (nSPS) is 24.2. The molecule has 1 fully saturated rings. The van der Waals surface area contributed by atoms with Gasteiger partial charge in [0.2, 0.25) is 0 Å². The number of carbonyl (C=O) groups is 2. The second kappa shape index (κ2) is 13.4. The predicted molar refractivity (Wildman–Crippen MR) is 133 cm³/mol. The first kappa shape index (κ1) is 31.1. The van der Waals surface area contributed by atoms with Crippen LogP contribution in [0.2, 0.25) is 0 Å². The molecule has 9 nitrogen and oxygen atoms in total. The van der Waals surface area contributed by atoms with Crippen molar-refractivity contribution in [3.05, 3.63) is 0 Å². The van der Waals surface area contributed by atoms with E-state index in [-0.39, 0.29) is 48.2 Å². The molecular formula is C20H38BO9PS2. The van der Waals surface area contributed by atoms with Crippen molar-refractivity contribution in [1.82, 2.24) is 0 Å². The number of hydrogen-bond acceptors (Lipinski definition) is 11. The molecule has 0 unspecified atom stereocenters. The van der Waals surface area contributed by atoms with Crippen molar-refractivity contribution in [2.45, 2.75) is 59.8 Å². The van der Waals surface area contributed by atoms with E-state index in [2.05, 4.69) is 0 Å². The van der Waals surface area contributed by atoms with E-state index in [0.717, 1.165) is 23.5 Å². The van der Waals surface area contributed by atoms with E-state index in [9.17, 15) is 24.4 Å². The van der Waals surface area contributed by atoms with Crippen LogP contribution in [0.5, 0.6) is 0 Å². The van der Waals surface area contributed by atoms with E-state index in [4.69, 9.17) is 18.3 Å². The molecule has 0 aromatic rings. The molecule has 0 amide bonds. The molecule has 4 atom stereocenters. The number of aliphatic hydroxyl groups is 2. The number of phosphoric ester groups is 1. The number of aliphatic hydroxyl groups excluding tert-OH is 2. The van der Waals surface area contributed by atoms with Gasteiger partial charge in [-0.05, 0) is 0 Å². The summed E-state index contributed by atoms with van der Waals surface area (Å²) in [5, 5.41) is 19.6. The number of rotatable bonds is 12. The SMILES string of the molecule is B[C@@H]1O[C@H](COP(=O)(OCCSC(=O)C(C)(C)C)OCCSC(=O)C(C)(C)C)[C@@H](CO)[C@H]1O. The summed E-state index contributed by atoms with van der Waals surface area (Å²) >= 11 is 2.14. The van der Waals surface area contributed by atoms with E-state index in [1.807, 2.05) is 41.5 Å². The topological polar surface area (TPSA) is 129 Å². The third-order valence-electron chi connectivity index (χ3n) is 4.75. The lowest BCUT2D eigenvalue weighted by Gasteiger charge is -2.22. The Balaban J connectivity index is 2.67. The average Bonchev–Trinajstić information content (AvgIpc) is 2.98. The second-order valence-electron chi connectivity index (χ2n) is 9.90. The van der Waals surface area contributed by atoms with E-state index < -0.39 is 42.8 Å². The highest BCUT2D eigenvalue weighted by molar-refractivity contribution is 8.14. The third kappa shape index (κ3) is 10.7. The van der Waals surface area contributed by atoms with Gasteiger partial charge in [-0.15, -0.1) is 0 Å². The van der Waals surface area contributed by atoms with Gasteiger partial charge in [0.05, 0.1) is 44.6 Å². The number of hydrogen-bond donors (Lipinski definition) is 2. The van der Waals surface area contributed by atoms with Crippen LogP contribution in [0.15, 0.2) is 0 Å². The maximum atomic E-state index is 13.2. The molecule has 0 radical (unpaired) electrons. The predicted octanol–water partition coefficient (Wildman–Crippen LogP) is 2.08. The standard InChI is InChI=1S/C20H38BO9PS2/c1-19(2,3)17(24)32-9-7-27-31(26,28-8-10-33-18(25)20(4,5)6)29-12-14-13(11-22)15(23)16(21)30-14/h13-16,22-23H,7-12,21H2,1-6H3/t13-,14-,15-,16-/m1/s1. The number of thioether (sulfide) groups is 2. The minimum absolute atomic E-state index is 0.0204. The summed E-state index contributed by atoms with van der Waals surface area (Å²) in [4.78, 5) is 24.1. The van der Waals surface area contributed by atoms with Crippen LogP contribution in [-0.2, 0) is 32.5 Å². The summed E-state index contributed by atoms with van der Waals surface area (Å²) in [6.07, 6.45) is -1.56. The number of phosphoric acid groups is 1. The molecule has 13 heteroatoms. The lowest BCUT2D eigenvalue weighted by Crippen LogP contribution is -2.32. The van der Waals surface area contributed by atoms with Crippen molar-refractivity contribution in [3.63, 3.8) is 0 Å². The Morgan fingerprint density at radius 2 is 1.42 bits per heavy atom. The first-order valence-electron chi connectivity index (χ1n) is 10.9. The Hall–Kier alpha value is 0.0949. The highest BCUT2D eigenvalue weighted by atomic mass is 32.2. The number of ether oxygens (including phenoxy) is 1. The molecule has 33 heavy (non-hydrogen) atoms. The van der Waals surface area contributed by atoms with E-state index in [1.54, 1.807) is 7.85 Å². The van der Waals surface area contributed by atoms with Gasteiger partial charge in [0.15, 0.2) is 10.2 Å². The molecule has 2 N–H and O–H groups in total. The molecule has 0 bridgehead atoms. The molecule has 1 aliphatic rings. The molecule has 1 heterocycles. The molecule has 0 aliphatic carbocycles. The van der Waals surface area contributed by atoms with Crippen LogP contribution in [0.1, 0.15) is 41.5 Å². The van der Waals surface area contributed by atoms with E-state index in [1.165, 1.54) is 0 Å². The summed E-state index contributed by atoms with van der Waals surface area (Å²) in [7, 11) is -2.37. The Bertz CT molecular complexity index is 658. The summed E-state index contributed by atoms with van der Waals surface area (Å²) in [6, 6.07) is -0.503. The van der Waals surface area contributed by atoms with Gasteiger partial charge in [0.1, 0.15) is 7.85 Å². The fourth-order valence-electron chi connectivity index (χ4n) is 2.69. The Morgan fingerprint density at radius 1 is 0.970 bits per heavy atom. The fraction of sp³-hybridized carbons (Fsp3) is 0.900. The quantitative estimate of drug-likeness (QED) is 0.220. The minimum Gasteiger partial charge on any atom is -0.396 e. The van der Waals surface area contributed by atoms with E-state index >= 15 is 0 Å². The van der Waals surface area contributed by atoms with Crippen molar-refractivity contribution >= 4 is 49.4 Å². The highest BCUT2D eigenvalue weighted by Crippen LogP contribution is 2.50. The Labute approximate surface area is 206 Å². The molecular weight excluding hydrogens is 490 g/mol. The molecule has 0 aromatic carbocycles. The van der Waals surface area contributed by atoms with Gasteiger partial charge in [-0.3, -0.25) is 23.2 Å². The first-order valence-corrected chi connectivity index (χ1v) is 14.4. The fourth-order valence-corrected chi connectivity index (χ4v) is 5.69. The van der Waals surface area contributed by atoms with Crippen LogP contribution in [0.25, 0.3) is 0 Å². The average molecular weight is 528 g/mol. The van der Waals surface area contributed by atoms with Crippen LogP contribution in [-0.4, -0.2) is 84.4 Å². The zero-order valence-electron chi connectivity index (χ0n) is 20.6. The molecule has 0 saturated carbocycles. The highest BCUT2D eigenvalue weighted by Gasteiger charge is 2.42. The van der Waals surface area contributed by atoms with Gasteiger partial charge < -0.3 is 14.9 Å². The summed E-state index contributed by atoms with van der Waals surface area (Å²) < 4.78 is 35.1. The lowest BCUT2D eigenvalue weighted by molar-refractivity contribution is -0.118. The smallest absolute Gasteiger partial charge is 0.396 e. The second-order valence-corrected chi connectivity index (χ2v) is 13.7. The Morgan fingerprint density at radius 3 is 1.82 bits per heavy atom. The maximum Gasteiger partial charge on any atom is 0.474 e. The zero-order chi connectivity index (χ0) is 25.4. The van der Waals surface area contributed by atoms with Crippen molar-refractivity contribution in [2.75, 3.05) is 37.9 Å². The van der Waals surface area contributed by atoms with Crippen molar-refractivity contribution in [2.24, 2.45) is 16.7 Å². The first-order chi connectivity index (χ1) is 15.1. The Kier molecular flexibility index (Phi) is 12.7. The van der Waals surface area contributed by atoms with Crippen LogP contribution in [0.3, 0.4) is 0 Å². The molecule has 1 aliphatic heterocycles. The van der Waals surface area contributed by atoms with Gasteiger partial charge in [0.25, 0.3) is 0 Å². The lowest BCUT2D eigenvalue weighted by atomic mass is 9.88. The van der Waals surface area contributed by atoms with Crippen LogP contribution >= 0.6 is 31.3 Å². The van der Waals surface area contributed by atoms with Crippen LogP contribution in [0, 0.1) is 16.7 Å². The zero-order valence-corrected chi connectivity index (χ0v) is 23.1. The minimum atomic E-state index is -4.04. The van der Waals surface area contributed by atoms with E-state index in [0.29, 0.717) is 0 Å². The molecule has 0 aromatic heterocycles. The third-order valence-corrected chi connectivity index (χ3v) is 8.70. The van der Waals surface area contributed by atoms with Gasteiger partial charge >= 0.3 is 7.82 Å². The monoisotopic (exact) mass is 528 g/mol. The number of carbonyl (C=O) groups excluding carboxylic acids is 2. The largest absolute Gasteiger partial charge is 0.474 e. The molecule has 1 rings (SSSR count). The maximum absolute atomic E-state index is 13.2. The van der Waals surface area contributed by atoms with Crippen molar-refractivity contribution < 1.29 is 42.7 Å². The molecule has 0 spiro atoms. The van der Waals surface area contributed by atoms with Crippen LogP contribution < -0.4 is 0 Å². The summed E-state index contributed by atoms with van der Waals surface area (Å²) in [5.74, 6) is -0.0636. The summed E-state index contributed by atoms with van der Waals surface area (Å²) in [6.45, 7) is 10.2. The van der Waals surface area contributed by atoms with Gasteiger partial charge in [-0.2, -0.15) is 0 Å². The van der Waals surface area contributed by atoms with Gasteiger partial charge in [-0.25, -0.2) is 4.57 Å². The molecule has 1 saturated heterocycles. The van der Waals surface area contributed by atoms with Crippen molar-refractivity contribution in [1.29, 1.82) is 0 Å². The van der Waals surface area contributed by atoms with Crippen LogP contribution in [0.4, 0.5) is 0 Å². The summed E-state index contributed by atoms with van der Waals surface area (Å²) in [5.41, 5.74) is -1.01. The van der Waals surface area contributed by atoms with Gasteiger partial charge in [-0.1, -0.05) is 65.1 Å². The van der Waals surface area contributed by atoms with Crippen molar-refractivity contribution in [3.8, 4) is 0 Å². The van der Waals surface area contributed by atoms with Gasteiger partial charge in [0, 0.05) is 28.3 Å². The molecule has 192 valence electrons.